The summed E-state index contributed by atoms with van der Waals surface area (Å²) >= 11 is 0. The minimum Gasteiger partial charge on any atom is -0.507 e. The number of ether oxygens (including phenoxy) is 1. The van der Waals surface area contributed by atoms with Crippen molar-refractivity contribution in [1.29, 1.82) is 0 Å². The Morgan fingerprint density at radius 2 is 1.69 bits per heavy atom. The maximum atomic E-state index is 13.5. The highest BCUT2D eigenvalue weighted by atomic mass is 19.1. The summed E-state index contributed by atoms with van der Waals surface area (Å²) in [5.74, 6) is -1.49. The maximum Gasteiger partial charge on any atom is 0.295 e. The molecule has 0 saturated carbocycles. The first-order valence-corrected chi connectivity index (χ1v) is 11.5. The van der Waals surface area contributed by atoms with Crippen LogP contribution in [0.2, 0.25) is 0 Å². The quantitative estimate of drug-likeness (QED) is 0.218. The SMILES string of the molecule is COc1ccc(/C(O)=C2\C(=O)C(=O)N(Cc3ccc(F)cc3)C2c2cccc3ccccc23)c(C)c1. The van der Waals surface area contributed by atoms with Gasteiger partial charge in [0.15, 0.2) is 0 Å². The molecule has 1 unspecified atom stereocenters. The highest BCUT2D eigenvalue weighted by Gasteiger charge is 2.46. The van der Waals surface area contributed by atoms with Gasteiger partial charge >= 0.3 is 0 Å². The van der Waals surface area contributed by atoms with Crippen LogP contribution in [0.15, 0.2) is 90.5 Å². The van der Waals surface area contributed by atoms with Gasteiger partial charge in [-0.1, -0.05) is 54.6 Å². The lowest BCUT2D eigenvalue weighted by Gasteiger charge is -2.26. The van der Waals surface area contributed by atoms with Crippen molar-refractivity contribution in [3.05, 3.63) is 119 Å². The van der Waals surface area contributed by atoms with E-state index >= 15 is 0 Å². The Labute approximate surface area is 208 Å². The fourth-order valence-corrected chi connectivity index (χ4v) is 4.82. The summed E-state index contributed by atoms with van der Waals surface area (Å²) in [7, 11) is 1.55. The predicted molar refractivity (Wildman–Crippen MR) is 136 cm³/mol. The van der Waals surface area contributed by atoms with Gasteiger partial charge in [-0.25, -0.2) is 4.39 Å². The molecule has 1 aliphatic rings. The number of nitrogens with zero attached hydrogens (tertiary/aromatic N) is 1. The van der Waals surface area contributed by atoms with Crippen LogP contribution in [0.3, 0.4) is 0 Å². The molecule has 5 rings (SSSR count). The average Bonchev–Trinajstić information content (AvgIpc) is 3.14. The number of fused-ring (bicyclic) bond motifs is 1. The number of hydrogen-bond donors (Lipinski definition) is 1. The van der Waals surface area contributed by atoms with Crippen LogP contribution in [0.4, 0.5) is 4.39 Å². The van der Waals surface area contributed by atoms with Gasteiger partial charge in [-0.3, -0.25) is 9.59 Å². The van der Waals surface area contributed by atoms with E-state index in [1.807, 2.05) is 42.5 Å². The second kappa shape index (κ2) is 9.30. The van der Waals surface area contributed by atoms with E-state index in [-0.39, 0.29) is 23.7 Å². The molecule has 4 aromatic carbocycles. The van der Waals surface area contributed by atoms with E-state index in [9.17, 15) is 19.1 Å². The lowest BCUT2D eigenvalue weighted by Crippen LogP contribution is -2.29. The summed E-state index contributed by atoms with van der Waals surface area (Å²) in [4.78, 5) is 28.2. The normalized spacial score (nSPS) is 17.1. The van der Waals surface area contributed by atoms with Gasteiger partial charge in [0.2, 0.25) is 0 Å². The van der Waals surface area contributed by atoms with Gasteiger partial charge in [0, 0.05) is 12.1 Å². The number of aryl methyl sites for hydroxylation is 1. The van der Waals surface area contributed by atoms with Gasteiger partial charge in [-0.05, 0) is 64.7 Å². The van der Waals surface area contributed by atoms with Crippen molar-refractivity contribution in [3.8, 4) is 5.75 Å². The molecule has 6 heteroatoms. The molecular formula is C30H24FNO4. The van der Waals surface area contributed by atoms with E-state index in [4.69, 9.17) is 4.74 Å². The van der Waals surface area contributed by atoms with E-state index in [0.717, 1.165) is 16.3 Å². The van der Waals surface area contributed by atoms with Crippen LogP contribution in [-0.4, -0.2) is 28.8 Å². The molecule has 0 bridgehead atoms. The minimum absolute atomic E-state index is 0.0201. The summed E-state index contributed by atoms with van der Waals surface area (Å²) in [6.45, 7) is 1.89. The van der Waals surface area contributed by atoms with Gasteiger partial charge in [0.1, 0.15) is 17.3 Å². The monoisotopic (exact) mass is 481 g/mol. The van der Waals surface area contributed by atoms with Crippen molar-refractivity contribution in [2.24, 2.45) is 0 Å². The number of carbonyl (C=O) groups is 2. The van der Waals surface area contributed by atoms with Crippen molar-refractivity contribution in [2.75, 3.05) is 7.11 Å². The molecule has 0 spiro atoms. The Hall–Kier alpha value is -4.45. The summed E-state index contributed by atoms with van der Waals surface area (Å²) in [5, 5.41) is 13.3. The number of hydrogen-bond acceptors (Lipinski definition) is 4. The lowest BCUT2D eigenvalue weighted by atomic mass is 9.91. The molecular weight excluding hydrogens is 457 g/mol. The van der Waals surface area contributed by atoms with Gasteiger partial charge in [-0.15, -0.1) is 0 Å². The molecule has 0 radical (unpaired) electrons. The lowest BCUT2D eigenvalue weighted by molar-refractivity contribution is -0.140. The van der Waals surface area contributed by atoms with Crippen molar-refractivity contribution in [3.63, 3.8) is 0 Å². The third-order valence-electron chi connectivity index (χ3n) is 6.61. The number of Topliss-reactive ketones (excluding diaryl/α,β-unsaturated/α-hetero) is 1. The van der Waals surface area contributed by atoms with Crippen LogP contribution >= 0.6 is 0 Å². The summed E-state index contributed by atoms with van der Waals surface area (Å²) in [5.41, 5.74) is 2.56. The van der Waals surface area contributed by atoms with Crippen LogP contribution in [0, 0.1) is 12.7 Å². The van der Waals surface area contributed by atoms with Crippen LogP contribution < -0.4 is 4.74 Å². The van der Waals surface area contributed by atoms with Gasteiger partial charge in [0.05, 0.1) is 18.7 Å². The molecule has 1 saturated heterocycles. The first kappa shape index (κ1) is 23.3. The second-order valence-corrected chi connectivity index (χ2v) is 8.80. The smallest absolute Gasteiger partial charge is 0.295 e. The number of carbonyl (C=O) groups excluding carboxylic acids is 2. The Bertz CT molecular complexity index is 1520. The molecule has 36 heavy (non-hydrogen) atoms. The molecule has 0 aromatic heterocycles. The molecule has 4 aromatic rings. The molecule has 180 valence electrons. The molecule has 1 heterocycles. The summed E-state index contributed by atoms with van der Waals surface area (Å²) in [6.07, 6.45) is 0. The standard InChI is InChI=1S/C30H24FNO4/c1-18-16-22(36-2)14-15-23(18)28(33)26-27(25-9-5-7-20-6-3-4-8-24(20)25)32(30(35)29(26)34)17-19-10-12-21(31)13-11-19/h3-16,27,33H,17H2,1-2H3/b28-26+. The number of ketones is 1. The first-order chi connectivity index (χ1) is 17.4. The zero-order valence-electron chi connectivity index (χ0n) is 19.9. The van der Waals surface area contributed by atoms with Crippen molar-refractivity contribution in [1.82, 2.24) is 4.90 Å². The number of halogens is 1. The number of aliphatic hydroxyl groups is 1. The molecule has 1 amide bonds. The van der Waals surface area contributed by atoms with Crippen LogP contribution in [-0.2, 0) is 16.1 Å². The molecule has 1 aliphatic heterocycles. The van der Waals surface area contributed by atoms with E-state index in [0.29, 0.717) is 22.4 Å². The van der Waals surface area contributed by atoms with Crippen LogP contribution in [0.5, 0.6) is 5.75 Å². The molecule has 0 aliphatic carbocycles. The number of rotatable bonds is 5. The van der Waals surface area contributed by atoms with Crippen molar-refractivity contribution in [2.45, 2.75) is 19.5 Å². The third kappa shape index (κ3) is 4.01. The van der Waals surface area contributed by atoms with Gasteiger partial charge in [0.25, 0.3) is 11.7 Å². The predicted octanol–water partition coefficient (Wildman–Crippen LogP) is 5.92. The highest BCUT2D eigenvalue weighted by Crippen LogP contribution is 2.43. The zero-order chi connectivity index (χ0) is 25.4. The Morgan fingerprint density at radius 1 is 0.972 bits per heavy atom. The largest absolute Gasteiger partial charge is 0.507 e. The van der Waals surface area contributed by atoms with E-state index in [1.165, 1.54) is 17.0 Å². The van der Waals surface area contributed by atoms with E-state index < -0.39 is 17.7 Å². The molecule has 5 nitrogen and oxygen atoms in total. The van der Waals surface area contributed by atoms with Crippen LogP contribution in [0.25, 0.3) is 16.5 Å². The van der Waals surface area contributed by atoms with Crippen molar-refractivity contribution < 1.29 is 23.8 Å². The fraction of sp³-hybridized carbons (Fsp3) is 0.133. The average molecular weight is 482 g/mol. The number of likely N-dealkylation sites (tertiary alicyclic amines) is 1. The molecule has 1 atom stereocenters. The number of methoxy groups -OCH3 is 1. The maximum absolute atomic E-state index is 13.5. The van der Waals surface area contributed by atoms with Gasteiger partial charge in [-0.2, -0.15) is 0 Å². The topological polar surface area (TPSA) is 66.8 Å². The molecule has 1 fully saturated rings. The fourth-order valence-electron chi connectivity index (χ4n) is 4.82. The zero-order valence-corrected chi connectivity index (χ0v) is 19.9. The van der Waals surface area contributed by atoms with Gasteiger partial charge < -0.3 is 14.7 Å². The third-order valence-corrected chi connectivity index (χ3v) is 6.61. The van der Waals surface area contributed by atoms with E-state index in [2.05, 4.69) is 0 Å². The Balaban J connectivity index is 1.73. The van der Waals surface area contributed by atoms with Crippen LogP contribution in [0.1, 0.15) is 28.3 Å². The minimum atomic E-state index is -0.831. The summed E-state index contributed by atoms with van der Waals surface area (Å²) in [6, 6.07) is 23.5. The Morgan fingerprint density at radius 3 is 2.42 bits per heavy atom. The number of amides is 1. The number of benzene rings is 4. The Kier molecular flexibility index (Phi) is 6.02. The highest BCUT2D eigenvalue weighted by molar-refractivity contribution is 6.46. The second-order valence-electron chi connectivity index (χ2n) is 8.80. The van der Waals surface area contributed by atoms with Crippen molar-refractivity contribution >= 4 is 28.2 Å². The molecule has 1 N–H and O–H groups in total. The summed E-state index contributed by atoms with van der Waals surface area (Å²) < 4.78 is 18.8. The van der Waals surface area contributed by atoms with E-state index in [1.54, 1.807) is 44.4 Å². The number of aliphatic hydroxyl groups excluding tert-OH is 1. The first-order valence-electron chi connectivity index (χ1n) is 11.5.